The first kappa shape index (κ1) is 21.5. The molecule has 1 N–H and O–H groups in total. The van der Waals surface area contributed by atoms with Gasteiger partial charge in [0, 0.05) is 16.8 Å². The smallest absolute Gasteiger partial charge is 0.406 e. The molecular weight excluding hydrogens is 409 g/mol. The molecule has 5 nitrogen and oxygen atoms in total. The van der Waals surface area contributed by atoms with Crippen molar-refractivity contribution in [3.8, 4) is 17.6 Å². The van der Waals surface area contributed by atoms with Gasteiger partial charge in [0.25, 0.3) is 0 Å². The van der Waals surface area contributed by atoms with E-state index in [1.165, 1.54) is 18.3 Å². The second-order valence-corrected chi connectivity index (χ2v) is 6.05. The van der Waals surface area contributed by atoms with Crippen molar-refractivity contribution in [3.63, 3.8) is 0 Å². The van der Waals surface area contributed by atoms with E-state index < -0.39 is 18.2 Å². The lowest BCUT2D eigenvalue weighted by molar-refractivity contribution is -0.274. The van der Waals surface area contributed by atoms with Gasteiger partial charge in [-0.25, -0.2) is 4.79 Å². The first-order valence-corrected chi connectivity index (χ1v) is 8.92. The normalized spacial score (nSPS) is 10.8. The molecule has 0 spiro atoms. The quantitative estimate of drug-likeness (QED) is 0.258. The summed E-state index contributed by atoms with van der Waals surface area (Å²) in [6.45, 7) is 0. The number of nitrogens with one attached hydrogen (secondary N) is 1. The van der Waals surface area contributed by atoms with Gasteiger partial charge < -0.3 is 4.74 Å². The molecule has 0 atom stereocenters. The van der Waals surface area contributed by atoms with Gasteiger partial charge in [-0.1, -0.05) is 47.3 Å². The maximum absolute atomic E-state index is 12.1. The number of alkyl halides is 3. The van der Waals surface area contributed by atoms with Crippen LogP contribution in [0.4, 0.5) is 23.7 Å². The standard InChI is InChI=1S/C23H15F3N2O3/c24-23(25,26)30-21-14-12-20(13-15-21)28-22(29)31-27-16-19-10-8-18(9-11-19)7-6-17-4-2-1-3-5-17/h1-5,8-16H,(H,28,29). The summed E-state index contributed by atoms with van der Waals surface area (Å²) in [7, 11) is 0. The van der Waals surface area contributed by atoms with Crippen LogP contribution in [0.15, 0.2) is 84.0 Å². The molecule has 8 heteroatoms. The van der Waals surface area contributed by atoms with Crippen LogP contribution in [0, 0.1) is 11.8 Å². The van der Waals surface area contributed by atoms with Gasteiger partial charge in [-0.05, 0) is 54.1 Å². The minimum Gasteiger partial charge on any atom is -0.406 e. The third-order valence-corrected chi connectivity index (χ3v) is 3.71. The molecule has 0 fully saturated rings. The zero-order chi connectivity index (χ0) is 22.1. The van der Waals surface area contributed by atoms with Gasteiger partial charge in [0.05, 0.1) is 6.21 Å². The molecule has 0 heterocycles. The molecule has 31 heavy (non-hydrogen) atoms. The molecule has 0 bridgehead atoms. The zero-order valence-corrected chi connectivity index (χ0v) is 15.9. The number of hydrogen-bond donors (Lipinski definition) is 1. The fourth-order valence-corrected chi connectivity index (χ4v) is 2.33. The maximum atomic E-state index is 12.1. The summed E-state index contributed by atoms with van der Waals surface area (Å²) < 4.78 is 40.1. The van der Waals surface area contributed by atoms with E-state index in [0.29, 0.717) is 5.56 Å². The average Bonchev–Trinajstić information content (AvgIpc) is 2.74. The Hall–Kier alpha value is -4.25. The van der Waals surface area contributed by atoms with Gasteiger partial charge in [-0.15, -0.1) is 13.2 Å². The van der Waals surface area contributed by atoms with Crippen LogP contribution in [0.5, 0.6) is 5.75 Å². The fourth-order valence-electron chi connectivity index (χ4n) is 2.33. The summed E-state index contributed by atoms with van der Waals surface area (Å²) >= 11 is 0. The SMILES string of the molecule is O=C(Nc1ccc(OC(F)(F)F)cc1)ON=Cc1ccc(C#Cc2ccccc2)cc1. The number of rotatable bonds is 4. The lowest BCUT2D eigenvalue weighted by Crippen LogP contribution is -2.17. The number of hydrogen-bond acceptors (Lipinski definition) is 4. The third kappa shape index (κ3) is 7.59. The van der Waals surface area contributed by atoms with Crippen molar-refractivity contribution in [1.29, 1.82) is 0 Å². The lowest BCUT2D eigenvalue weighted by atomic mass is 10.1. The first-order chi connectivity index (χ1) is 14.9. The summed E-state index contributed by atoms with van der Waals surface area (Å²) in [5.41, 5.74) is 2.63. The molecule has 0 aliphatic rings. The number of carbonyl (C=O) groups excluding carboxylic acids is 1. The first-order valence-electron chi connectivity index (χ1n) is 8.92. The minimum absolute atomic E-state index is 0.219. The number of carbonyl (C=O) groups is 1. The van der Waals surface area contributed by atoms with Crippen molar-refractivity contribution in [2.45, 2.75) is 6.36 Å². The summed E-state index contributed by atoms with van der Waals surface area (Å²) in [4.78, 5) is 16.4. The highest BCUT2D eigenvalue weighted by Gasteiger charge is 2.30. The van der Waals surface area contributed by atoms with Crippen molar-refractivity contribution >= 4 is 18.0 Å². The van der Waals surface area contributed by atoms with E-state index in [2.05, 4.69) is 31.9 Å². The molecule has 0 unspecified atom stereocenters. The zero-order valence-electron chi connectivity index (χ0n) is 15.9. The number of ether oxygens (including phenoxy) is 1. The van der Waals surface area contributed by atoms with Crippen LogP contribution in [-0.2, 0) is 4.84 Å². The number of oxime groups is 1. The molecule has 3 aromatic rings. The highest BCUT2D eigenvalue weighted by molar-refractivity contribution is 5.86. The fraction of sp³-hybridized carbons (Fsp3) is 0.0435. The third-order valence-electron chi connectivity index (χ3n) is 3.71. The maximum Gasteiger partial charge on any atom is 0.573 e. The van der Waals surface area contributed by atoms with Crippen LogP contribution in [0.3, 0.4) is 0 Å². The van der Waals surface area contributed by atoms with E-state index in [1.54, 1.807) is 12.1 Å². The Balaban J connectivity index is 1.49. The molecule has 0 aliphatic heterocycles. The minimum atomic E-state index is -4.78. The molecule has 1 amide bonds. The highest BCUT2D eigenvalue weighted by atomic mass is 19.4. The van der Waals surface area contributed by atoms with Crippen LogP contribution in [0.25, 0.3) is 0 Å². The van der Waals surface area contributed by atoms with E-state index in [-0.39, 0.29) is 5.69 Å². The molecule has 0 saturated carbocycles. The van der Waals surface area contributed by atoms with Gasteiger partial charge in [0.1, 0.15) is 5.75 Å². The summed E-state index contributed by atoms with van der Waals surface area (Å²) in [6, 6.07) is 21.3. The average molecular weight is 424 g/mol. The van der Waals surface area contributed by atoms with E-state index >= 15 is 0 Å². The van der Waals surface area contributed by atoms with Crippen molar-refractivity contribution in [2.75, 3.05) is 5.32 Å². The predicted molar refractivity (Wildman–Crippen MR) is 110 cm³/mol. The van der Waals surface area contributed by atoms with Crippen LogP contribution in [-0.4, -0.2) is 18.7 Å². The van der Waals surface area contributed by atoms with Crippen molar-refractivity contribution in [2.24, 2.45) is 5.16 Å². The molecule has 0 radical (unpaired) electrons. The van der Waals surface area contributed by atoms with Gasteiger partial charge in [0.15, 0.2) is 0 Å². The monoisotopic (exact) mass is 424 g/mol. The number of halogens is 3. The number of amides is 1. The van der Waals surface area contributed by atoms with Gasteiger partial charge in [-0.3, -0.25) is 10.2 Å². The summed E-state index contributed by atoms with van der Waals surface area (Å²) in [5.74, 6) is 5.69. The Morgan fingerprint density at radius 3 is 2.10 bits per heavy atom. The highest BCUT2D eigenvalue weighted by Crippen LogP contribution is 2.23. The Labute approximate surface area is 176 Å². The Morgan fingerprint density at radius 1 is 0.871 bits per heavy atom. The van der Waals surface area contributed by atoms with Gasteiger partial charge >= 0.3 is 12.5 Å². The number of nitrogens with zero attached hydrogens (tertiary/aromatic N) is 1. The van der Waals surface area contributed by atoms with Crippen LogP contribution < -0.4 is 10.1 Å². The largest absolute Gasteiger partial charge is 0.573 e. The second-order valence-electron chi connectivity index (χ2n) is 6.05. The molecule has 0 aliphatic carbocycles. The number of anilines is 1. The van der Waals surface area contributed by atoms with Gasteiger partial charge in [-0.2, -0.15) is 0 Å². The van der Waals surface area contributed by atoms with Crippen LogP contribution >= 0.6 is 0 Å². The lowest BCUT2D eigenvalue weighted by Gasteiger charge is -2.09. The molecule has 0 aromatic heterocycles. The molecule has 3 rings (SSSR count). The van der Waals surface area contributed by atoms with E-state index in [1.807, 2.05) is 42.5 Å². The second kappa shape index (κ2) is 9.98. The Kier molecular flexibility index (Phi) is 6.91. The van der Waals surface area contributed by atoms with E-state index in [9.17, 15) is 18.0 Å². The van der Waals surface area contributed by atoms with Crippen molar-refractivity contribution in [3.05, 3.63) is 95.6 Å². The van der Waals surface area contributed by atoms with E-state index in [4.69, 9.17) is 0 Å². The van der Waals surface area contributed by atoms with Crippen molar-refractivity contribution < 1.29 is 27.5 Å². The van der Waals surface area contributed by atoms with Crippen LogP contribution in [0.1, 0.15) is 16.7 Å². The Bertz CT molecular complexity index is 1100. The van der Waals surface area contributed by atoms with E-state index in [0.717, 1.165) is 23.3 Å². The number of benzene rings is 3. The summed E-state index contributed by atoms with van der Waals surface area (Å²) in [6.07, 6.45) is -4.34. The molecule has 3 aromatic carbocycles. The molecule has 0 saturated heterocycles. The molecule has 156 valence electrons. The Morgan fingerprint density at radius 2 is 1.48 bits per heavy atom. The topological polar surface area (TPSA) is 59.9 Å². The summed E-state index contributed by atoms with van der Waals surface area (Å²) in [5, 5.41) is 5.91. The molecular formula is C23H15F3N2O3. The van der Waals surface area contributed by atoms with Crippen molar-refractivity contribution in [1.82, 2.24) is 0 Å². The van der Waals surface area contributed by atoms with Gasteiger partial charge in [0.2, 0.25) is 0 Å². The van der Waals surface area contributed by atoms with Crippen LogP contribution in [0.2, 0.25) is 0 Å². The predicted octanol–water partition coefficient (Wildman–Crippen LogP) is 5.57.